The van der Waals surface area contributed by atoms with Crippen LogP contribution in [-0.2, 0) is 4.74 Å². The summed E-state index contributed by atoms with van der Waals surface area (Å²) >= 11 is 0. The SMILES string of the molecule is C=C(CCCCCCCC)OCCCCCCCCC. The van der Waals surface area contributed by atoms with Crippen LogP contribution in [0.3, 0.4) is 0 Å². The van der Waals surface area contributed by atoms with Crippen LogP contribution in [0.15, 0.2) is 12.3 Å². The van der Waals surface area contributed by atoms with E-state index < -0.39 is 0 Å². The predicted molar refractivity (Wildman–Crippen MR) is 91.1 cm³/mol. The molecule has 0 aromatic carbocycles. The lowest BCUT2D eigenvalue weighted by molar-refractivity contribution is 0.195. The molecule has 0 aliphatic rings. The summed E-state index contributed by atoms with van der Waals surface area (Å²) < 4.78 is 5.70. The van der Waals surface area contributed by atoms with E-state index >= 15 is 0 Å². The van der Waals surface area contributed by atoms with Crippen molar-refractivity contribution in [2.24, 2.45) is 0 Å². The summed E-state index contributed by atoms with van der Waals surface area (Å²) in [5, 5.41) is 0. The van der Waals surface area contributed by atoms with Gasteiger partial charge in [0, 0.05) is 6.42 Å². The minimum Gasteiger partial charge on any atom is -0.499 e. The lowest BCUT2D eigenvalue weighted by atomic mass is 10.1. The average Bonchev–Trinajstić information content (AvgIpc) is 2.45. The van der Waals surface area contributed by atoms with E-state index in [1.54, 1.807) is 0 Å². The van der Waals surface area contributed by atoms with Crippen molar-refractivity contribution in [3.05, 3.63) is 12.3 Å². The Hall–Kier alpha value is -0.460. The highest BCUT2D eigenvalue weighted by molar-refractivity contribution is 4.81. The van der Waals surface area contributed by atoms with Crippen molar-refractivity contribution >= 4 is 0 Å². The smallest absolute Gasteiger partial charge is 0.0888 e. The number of hydrogen-bond donors (Lipinski definition) is 0. The molecule has 0 radical (unpaired) electrons. The molecule has 0 amide bonds. The first-order valence-corrected chi connectivity index (χ1v) is 9.11. The highest BCUT2D eigenvalue weighted by Gasteiger charge is 1.97. The predicted octanol–water partition coefficient (Wildman–Crippen LogP) is 7.02. The van der Waals surface area contributed by atoms with Gasteiger partial charge in [-0.15, -0.1) is 0 Å². The maximum atomic E-state index is 5.70. The van der Waals surface area contributed by atoms with Crippen LogP contribution in [0.25, 0.3) is 0 Å². The van der Waals surface area contributed by atoms with E-state index in [0.717, 1.165) is 18.8 Å². The lowest BCUT2D eigenvalue weighted by Crippen LogP contribution is -1.95. The molecule has 1 heteroatoms. The molecule has 0 heterocycles. The summed E-state index contributed by atoms with van der Waals surface area (Å²) in [5.41, 5.74) is 0. The van der Waals surface area contributed by atoms with E-state index in [0.29, 0.717) is 0 Å². The van der Waals surface area contributed by atoms with Crippen LogP contribution in [-0.4, -0.2) is 6.61 Å². The summed E-state index contributed by atoms with van der Waals surface area (Å²) in [6.07, 6.45) is 18.5. The topological polar surface area (TPSA) is 9.23 Å². The van der Waals surface area contributed by atoms with Crippen LogP contribution in [0.4, 0.5) is 0 Å². The highest BCUT2D eigenvalue weighted by atomic mass is 16.5. The van der Waals surface area contributed by atoms with E-state index in [1.807, 2.05) is 0 Å². The zero-order valence-corrected chi connectivity index (χ0v) is 14.2. The van der Waals surface area contributed by atoms with Gasteiger partial charge in [-0.1, -0.05) is 91.1 Å². The Morgan fingerprint density at radius 3 is 1.65 bits per heavy atom. The van der Waals surface area contributed by atoms with E-state index in [2.05, 4.69) is 20.4 Å². The van der Waals surface area contributed by atoms with Gasteiger partial charge in [0.1, 0.15) is 0 Å². The van der Waals surface area contributed by atoms with Crippen molar-refractivity contribution < 1.29 is 4.74 Å². The molecule has 0 bridgehead atoms. The highest BCUT2D eigenvalue weighted by Crippen LogP contribution is 2.12. The quantitative estimate of drug-likeness (QED) is 0.218. The van der Waals surface area contributed by atoms with Crippen molar-refractivity contribution in [3.8, 4) is 0 Å². The summed E-state index contributed by atoms with van der Waals surface area (Å²) in [6.45, 7) is 9.43. The molecule has 120 valence electrons. The average molecular weight is 283 g/mol. The van der Waals surface area contributed by atoms with Crippen molar-refractivity contribution in [2.75, 3.05) is 6.61 Å². The molecule has 1 nitrogen and oxygen atoms in total. The first kappa shape index (κ1) is 19.5. The van der Waals surface area contributed by atoms with Gasteiger partial charge in [-0.3, -0.25) is 0 Å². The van der Waals surface area contributed by atoms with Gasteiger partial charge in [0.05, 0.1) is 12.4 Å². The number of allylic oxidation sites excluding steroid dienone is 1. The first-order chi connectivity index (χ1) is 9.81. The Labute approximate surface area is 128 Å². The minimum absolute atomic E-state index is 0.877. The van der Waals surface area contributed by atoms with Crippen LogP contribution < -0.4 is 0 Å². The maximum Gasteiger partial charge on any atom is 0.0888 e. The molecule has 0 fully saturated rings. The summed E-state index contributed by atoms with van der Waals surface area (Å²) in [6, 6.07) is 0. The molecule has 20 heavy (non-hydrogen) atoms. The van der Waals surface area contributed by atoms with Crippen LogP contribution in [0, 0.1) is 0 Å². The van der Waals surface area contributed by atoms with Gasteiger partial charge in [0.15, 0.2) is 0 Å². The third kappa shape index (κ3) is 15.6. The van der Waals surface area contributed by atoms with Gasteiger partial charge >= 0.3 is 0 Å². The van der Waals surface area contributed by atoms with Crippen LogP contribution >= 0.6 is 0 Å². The zero-order valence-electron chi connectivity index (χ0n) is 14.2. The molecule has 0 atom stereocenters. The molecular weight excluding hydrogens is 244 g/mol. The Kier molecular flexibility index (Phi) is 16.2. The van der Waals surface area contributed by atoms with E-state index in [9.17, 15) is 0 Å². The van der Waals surface area contributed by atoms with Crippen LogP contribution in [0.1, 0.15) is 104 Å². The van der Waals surface area contributed by atoms with Gasteiger partial charge in [0.25, 0.3) is 0 Å². The number of rotatable bonds is 16. The minimum atomic E-state index is 0.877. The van der Waals surface area contributed by atoms with E-state index in [1.165, 1.54) is 83.5 Å². The molecule has 0 aliphatic carbocycles. The monoisotopic (exact) mass is 282 g/mol. The fourth-order valence-electron chi connectivity index (χ4n) is 2.45. The normalized spacial score (nSPS) is 10.7. The summed E-state index contributed by atoms with van der Waals surface area (Å²) in [7, 11) is 0. The van der Waals surface area contributed by atoms with Gasteiger partial charge in [-0.2, -0.15) is 0 Å². The first-order valence-electron chi connectivity index (χ1n) is 9.11. The molecule has 0 aromatic rings. The zero-order chi connectivity index (χ0) is 14.9. The summed E-state index contributed by atoms with van der Waals surface area (Å²) in [4.78, 5) is 0. The maximum absolute atomic E-state index is 5.70. The standard InChI is InChI=1S/C19H38O/c1-4-6-8-10-12-14-16-18-20-19(3)17-15-13-11-9-7-5-2/h3-18H2,1-2H3. The Morgan fingerprint density at radius 2 is 1.10 bits per heavy atom. The van der Waals surface area contributed by atoms with Crippen molar-refractivity contribution in [1.29, 1.82) is 0 Å². The number of hydrogen-bond acceptors (Lipinski definition) is 1. The van der Waals surface area contributed by atoms with Gasteiger partial charge in [-0.05, 0) is 12.8 Å². The Balaban J connectivity index is 3.12. The molecule has 0 aromatic heterocycles. The largest absolute Gasteiger partial charge is 0.499 e. The molecule has 0 unspecified atom stereocenters. The summed E-state index contributed by atoms with van der Waals surface area (Å²) in [5.74, 6) is 1.01. The van der Waals surface area contributed by atoms with Gasteiger partial charge < -0.3 is 4.74 Å². The third-order valence-electron chi connectivity index (χ3n) is 3.86. The number of ether oxygens (including phenoxy) is 1. The van der Waals surface area contributed by atoms with Crippen molar-refractivity contribution in [1.82, 2.24) is 0 Å². The molecule has 0 saturated carbocycles. The molecule has 0 rings (SSSR count). The molecule has 0 spiro atoms. The second-order valence-electron chi connectivity index (χ2n) is 6.03. The molecular formula is C19H38O. The lowest BCUT2D eigenvalue weighted by Gasteiger charge is -2.09. The van der Waals surface area contributed by atoms with Crippen LogP contribution in [0.5, 0.6) is 0 Å². The fourth-order valence-corrected chi connectivity index (χ4v) is 2.45. The number of unbranched alkanes of at least 4 members (excludes halogenated alkanes) is 11. The Morgan fingerprint density at radius 1 is 0.650 bits per heavy atom. The fraction of sp³-hybridized carbons (Fsp3) is 0.895. The van der Waals surface area contributed by atoms with Gasteiger partial charge in [0.2, 0.25) is 0 Å². The molecule has 0 aliphatic heterocycles. The second kappa shape index (κ2) is 16.6. The van der Waals surface area contributed by atoms with Crippen molar-refractivity contribution in [2.45, 2.75) is 104 Å². The molecule has 0 N–H and O–H groups in total. The van der Waals surface area contributed by atoms with E-state index in [-0.39, 0.29) is 0 Å². The van der Waals surface area contributed by atoms with Crippen LogP contribution in [0.2, 0.25) is 0 Å². The van der Waals surface area contributed by atoms with E-state index in [4.69, 9.17) is 4.74 Å². The second-order valence-corrected chi connectivity index (χ2v) is 6.03. The van der Waals surface area contributed by atoms with Crippen molar-refractivity contribution in [3.63, 3.8) is 0 Å². The molecule has 0 saturated heterocycles. The van der Waals surface area contributed by atoms with Gasteiger partial charge in [-0.25, -0.2) is 0 Å². The third-order valence-corrected chi connectivity index (χ3v) is 3.86. The Bertz CT molecular complexity index is 198.